The summed E-state index contributed by atoms with van der Waals surface area (Å²) in [7, 11) is 0. The lowest BCUT2D eigenvalue weighted by Crippen LogP contribution is -2.33. The number of nitrogens with zero attached hydrogens (tertiary/aromatic N) is 1. The number of hydrogen-bond acceptors (Lipinski definition) is 2. The SMILES string of the molecule is Cc1cccc(C(=O)N2CCc3ccccc3CC2)c1O. The number of phenolic OH excluding ortho intramolecular Hbond substituents is 1. The van der Waals surface area contributed by atoms with Crippen molar-refractivity contribution in [3.63, 3.8) is 0 Å². The highest BCUT2D eigenvalue weighted by Crippen LogP contribution is 2.24. The average Bonchev–Trinajstić information content (AvgIpc) is 2.72. The number of carbonyl (C=O) groups is 1. The van der Waals surface area contributed by atoms with Crippen LogP contribution in [-0.4, -0.2) is 29.0 Å². The van der Waals surface area contributed by atoms with E-state index in [-0.39, 0.29) is 11.7 Å². The van der Waals surface area contributed by atoms with Crippen molar-refractivity contribution in [2.24, 2.45) is 0 Å². The quantitative estimate of drug-likeness (QED) is 0.873. The summed E-state index contributed by atoms with van der Waals surface area (Å²) in [5.41, 5.74) is 3.78. The van der Waals surface area contributed by atoms with Crippen LogP contribution in [0.25, 0.3) is 0 Å². The molecule has 1 amide bonds. The number of aryl methyl sites for hydroxylation is 1. The molecule has 0 radical (unpaired) electrons. The van der Waals surface area contributed by atoms with Crippen LogP contribution in [0, 0.1) is 6.92 Å². The third kappa shape index (κ3) is 2.64. The number of aromatic hydroxyl groups is 1. The summed E-state index contributed by atoms with van der Waals surface area (Å²) in [6, 6.07) is 13.7. The molecule has 3 rings (SSSR count). The van der Waals surface area contributed by atoms with E-state index in [0.717, 1.165) is 18.4 Å². The molecule has 1 N–H and O–H groups in total. The summed E-state index contributed by atoms with van der Waals surface area (Å²) in [4.78, 5) is 14.5. The fraction of sp³-hybridized carbons (Fsp3) is 0.278. The fourth-order valence-electron chi connectivity index (χ4n) is 2.87. The maximum Gasteiger partial charge on any atom is 0.257 e. The molecule has 0 atom stereocenters. The van der Waals surface area contributed by atoms with Crippen molar-refractivity contribution in [3.05, 3.63) is 64.7 Å². The van der Waals surface area contributed by atoms with E-state index in [1.54, 1.807) is 6.07 Å². The number of rotatable bonds is 1. The summed E-state index contributed by atoms with van der Waals surface area (Å²) in [6.45, 7) is 3.21. The molecule has 0 saturated carbocycles. The van der Waals surface area contributed by atoms with Crippen molar-refractivity contribution in [1.82, 2.24) is 4.90 Å². The van der Waals surface area contributed by atoms with Crippen LogP contribution < -0.4 is 0 Å². The van der Waals surface area contributed by atoms with Gasteiger partial charge in [-0.1, -0.05) is 36.4 Å². The number of fused-ring (bicyclic) bond motifs is 1. The monoisotopic (exact) mass is 281 g/mol. The minimum atomic E-state index is -0.0796. The molecule has 0 saturated heterocycles. The number of amides is 1. The van der Waals surface area contributed by atoms with Gasteiger partial charge >= 0.3 is 0 Å². The van der Waals surface area contributed by atoms with Gasteiger partial charge < -0.3 is 10.0 Å². The first-order chi connectivity index (χ1) is 10.2. The predicted octanol–water partition coefficient (Wildman–Crippen LogP) is 2.94. The van der Waals surface area contributed by atoms with E-state index in [2.05, 4.69) is 12.1 Å². The maximum atomic E-state index is 12.6. The summed E-state index contributed by atoms with van der Waals surface area (Å²) in [5.74, 6) is 0.0215. The Bertz CT molecular complexity index is 652. The Morgan fingerprint density at radius 3 is 2.24 bits per heavy atom. The lowest BCUT2D eigenvalue weighted by molar-refractivity contribution is 0.0760. The van der Waals surface area contributed by atoms with Gasteiger partial charge in [-0.3, -0.25) is 4.79 Å². The number of para-hydroxylation sites is 1. The summed E-state index contributed by atoms with van der Waals surface area (Å²) >= 11 is 0. The van der Waals surface area contributed by atoms with Crippen molar-refractivity contribution >= 4 is 5.91 Å². The van der Waals surface area contributed by atoms with Crippen molar-refractivity contribution in [2.75, 3.05) is 13.1 Å². The standard InChI is InChI=1S/C18H19NO2/c1-13-5-4-8-16(17(13)20)18(21)19-11-9-14-6-2-3-7-15(14)10-12-19/h2-8,20H,9-12H2,1H3. The Morgan fingerprint density at radius 1 is 1.00 bits per heavy atom. The molecule has 21 heavy (non-hydrogen) atoms. The van der Waals surface area contributed by atoms with Gasteiger partial charge in [0, 0.05) is 13.1 Å². The van der Waals surface area contributed by atoms with Crippen LogP contribution in [0.3, 0.4) is 0 Å². The molecule has 2 aromatic rings. The maximum absolute atomic E-state index is 12.6. The van der Waals surface area contributed by atoms with Gasteiger partial charge in [-0.2, -0.15) is 0 Å². The van der Waals surface area contributed by atoms with Crippen molar-refractivity contribution in [3.8, 4) is 5.75 Å². The van der Waals surface area contributed by atoms with Crippen molar-refractivity contribution in [1.29, 1.82) is 0 Å². The lowest BCUT2D eigenvalue weighted by Gasteiger charge is -2.21. The first kappa shape index (κ1) is 13.7. The second-order valence-corrected chi connectivity index (χ2v) is 5.53. The van der Waals surface area contributed by atoms with E-state index in [9.17, 15) is 9.90 Å². The van der Waals surface area contributed by atoms with Crippen LogP contribution in [0.1, 0.15) is 27.0 Å². The van der Waals surface area contributed by atoms with Gasteiger partial charge in [-0.15, -0.1) is 0 Å². The zero-order valence-corrected chi connectivity index (χ0v) is 12.2. The van der Waals surface area contributed by atoms with E-state index in [0.29, 0.717) is 18.7 Å². The van der Waals surface area contributed by atoms with Gasteiger partial charge in [0.25, 0.3) is 5.91 Å². The van der Waals surface area contributed by atoms with Crippen LogP contribution >= 0.6 is 0 Å². The van der Waals surface area contributed by atoms with E-state index >= 15 is 0 Å². The minimum absolute atomic E-state index is 0.0796. The molecule has 0 spiro atoms. The molecule has 0 aromatic heterocycles. The largest absolute Gasteiger partial charge is 0.507 e. The number of phenols is 1. The van der Waals surface area contributed by atoms with Crippen molar-refractivity contribution in [2.45, 2.75) is 19.8 Å². The Hall–Kier alpha value is -2.29. The Labute approximate surface area is 124 Å². The number of benzene rings is 2. The fourth-order valence-corrected chi connectivity index (χ4v) is 2.87. The molecule has 2 aromatic carbocycles. The van der Waals surface area contributed by atoms with Crippen LogP contribution in [0.2, 0.25) is 0 Å². The second kappa shape index (κ2) is 5.60. The van der Waals surface area contributed by atoms with Gasteiger partial charge in [0.2, 0.25) is 0 Å². The van der Waals surface area contributed by atoms with E-state index in [4.69, 9.17) is 0 Å². The highest BCUT2D eigenvalue weighted by Gasteiger charge is 2.22. The molecule has 0 bridgehead atoms. The van der Waals surface area contributed by atoms with Crippen molar-refractivity contribution < 1.29 is 9.90 Å². The number of carbonyl (C=O) groups excluding carboxylic acids is 1. The summed E-state index contributed by atoms with van der Waals surface area (Å²) in [6.07, 6.45) is 1.74. The third-order valence-electron chi connectivity index (χ3n) is 4.18. The normalized spacial score (nSPS) is 14.4. The lowest BCUT2D eigenvalue weighted by atomic mass is 10.0. The highest BCUT2D eigenvalue weighted by atomic mass is 16.3. The Balaban J connectivity index is 1.83. The molecule has 0 aliphatic carbocycles. The minimum Gasteiger partial charge on any atom is -0.507 e. The van der Waals surface area contributed by atoms with Gasteiger partial charge in [-0.25, -0.2) is 0 Å². The molecule has 1 aliphatic rings. The molecule has 0 fully saturated rings. The van der Waals surface area contributed by atoms with E-state index in [1.807, 2.05) is 36.1 Å². The Morgan fingerprint density at radius 2 is 1.62 bits per heavy atom. The zero-order chi connectivity index (χ0) is 14.8. The molecular formula is C18H19NO2. The van der Waals surface area contributed by atoms with E-state index in [1.165, 1.54) is 11.1 Å². The number of hydrogen-bond donors (Lipinski definition) is 1. The zero-order valence-electron chi connectivity index (χ0n) is 12.2. The van der Waals surface area contributed by atoms with E-state index < -0.39 is 0 Å². The van der Waals surface area contributed by atoms with Gasteiger partial charge in [0.05, 0.1) is 5.56 Å². The molecule has 0 unspecified atom stereocenters. The Kier molecular flexibility index (Phi) is 3.65. The van der Waals surface area contributed by atoms with Gasteiger partial charge in [-0.05, 0) is 42.5 Å². The van der Waals surface area contributed by atoms with Gasteiger partial charge in [0.15, 0.2) is 0 Å². The predicted molar refractivity (Wildman–Crippen MR) is 82.6 cm³/mol. The average molecular weight is 281 g/mol. The summed E-state index contributed by atoms with van der Waals surface area (Å²) < 4.78 is 0. The van der Waals surface area contributed by atoms with Crippen LogP contribution in [0.4, 0.5) is 0 Å². The third-order valence-corrected chi connectivity index (χ3v) is 4.18. The smallest absolute Gasteiger partial charge is 0.257 e. The highest BCUT2D eigenvalue weighted by molar-refractivity contribution is 5.97. The van der Waals surface area contributed by atoms with Crippen LogP contribution in [-0.2, 0) is 12.8 Å². The van der Waals surface area contributed by atoms with Gasteiger partial charge in [0.1, 0.15) is 5.75 Å². The summed E-state index contributed by atoms with van der Waals surface area (Å²) in [5, 5.41) is 10.1. The molecule has 108 valence electrons. The first-order valence-electron chi connectivity index (χ1n) is 7.31. The molecule has 3 nitrogen and oxygen atoms in total. The van der Waals surface area contributed by atoms with Crippen LogP contribution in [0.15, 0.2) is 42.5 Å². The topological polar surface area (TPSA) is 40.5 Å². The first-order valence-corrected chi connectivity index (χ1v) is 7.31. The molecule has 1 heterocycles. The second-order valence-electron chi connectivity index (χ2n) is 5.53. The van der Waals surface area contributed by atoms with Crippen LogP contribution in [0.5, 0.6) is 5.75 Å². The molecule has 1 aliphatic heterocycles. The molecule has 3 heteroatoms. The molecular weight excluding hydrogens is 262 g/mol.